The molecule has 6 nitrogen and oxygen atoms in total. The lowest BCUT2D eigenvalue weighted by atomic mass is 10.2. The molecule has 2 aromatic rings. The summed E-state index contributed by atoms with van der Waals surface area (Å²) in [5, 5.41) is 5.51. The summed E-state index contributed by atoms with van der Waals surface area (Å²) < 4.78 is 0. The minimum atomic E-state index is -0.469. The Morgan fingerprint density at radius 1 is 1.21 bits per heavy atom. The molecule has 1 unspecified atom stereocenters. The molecule has 1 saturated heterocycles. The minimum Gasteiger partial charge on any atom is -0.352 e. The van der Waals surface area contributed by atoms with Crippen molar-refractivity contribution in [3.63, 3.8) is 0 Å². The first-order valence-corrected chi connectivity index (χ1v) is 8.36. The number of amidine groups is 1. The molecule has 7 heteroatoms. The number of pyridine rings is 1. The summed E-state index contributed by atoms with van der Waals surface area (Å²) in [4.78, 5) is 32.3. The highest BCUT2D eigenvalue weighted by Crippen LogP contribution is 2.24. The fourth-order valence-electron chi connectivity index (χ4n) is 2.15. The first-order valence-electron chi connectivity index (χ1n) is 7.48. The van der Waals surface area contributed by atoms with Crippen molar-refractivity contribution in [2.75, 3.05) is 0 Å². The molecule has 2 heterocycles. The predicted octanol–water partition coefficient (Wildman–Crippen LogP) is 2.01. The molecule has 24 heavy (non-hydrogen) atoms. The van der Waals surface area contributed by atoms with Gasteiger partial charge in [-0.15, -0.1) is 0 Å². The molecule has 1 fully saturated rings. The highest BCUT2D eigenvalue weighted by atomic mass is 32.2. The number of thioether (sulfide) groups is 1. The van der Waals surface area contributed by atoms with Gasteiger partial charge in [-0.1, -0.05) is 48.2 Å². The highest BCUT2D eigenvalue weighted by Gasteiger charge is 2.32. The zero-order chi connectivity index (χ0) is 16.8. The Bertz CT molecular complexity index is 750. The van der Waals surface area contributed by atoms with Crippen molar-refractivity contribution in [1.29, 1.82) is 0 Å². The van der Waals surface area contributed by atoms with Crippen LogP contribution in [0.25, 0.3) is 0 Å². The maximum atomic E-state index is 12.0. The van der Waals surface area contributed by atoms with E-state index < -0.39 is 5.25 Å². The van der Waals surface area contributed by atoms with E-state index in [1.807, 2.05) is 36.4 Å². The van der Waals surface area contributed by atoms with Crippen molar-refractivity contribution >= 4 is 34.6 Å². The van der Waals surface area contributed by atoms with E-state index in [4.69, 9.17) is 0 Å². The van der Waals surface area contributed by atoms with Gasteiger partial charge in [-0.2, -0.15) is 0 Å². The van der Waals surface area contributed by atoms with E-state index in [1.165, 1.54) is 11.8 Å². The number of hydrogen-bond acceptors (Lipinski definition) is 5. The lowest BCUT2D eigenvalue weighted by Crippen LogP contribution is -2.31. The second kappa shape index (κ2) is 7.74. The average molecular weight is 340 g/mol. The fourth-order valence-corrected chi connectivity index (χ4v) is 3.13. The molecule has 1 aromatic carbocycles. The van der Waals surface area contributed by atoms with Gasteiger partial charge in [0.05, 0.1) is 0 Å². The SMILES string of the molecule is O=C(CC1S/C(=N/c2ccccn2)NC1=O)NCc1ccccc1. The van der Waals surface area contributed by atoms with E-state index in [9.17, 15) is 9.59 Å². The van der Waals surface area contributed by atoms with E-state index in [1.54, 1.807) is 18.3 Å². The van der Waals surface area contributed by atoms with Crippen LogP contribution in [0.2, 0.25) is 0 Å². The van der Waals surface area contributed by atoms with Gasteiger partial charge in [0.15, 0.2) is 11.0 Å². The molecule has 1 aliphatic rings. The van der Waals surface area contributed by atoms with Gasteiger partial charge in [-0.3, -0.25) is 9.59 Å². The van der Waals surface area contributed by atoms with E-state index in [0.717, 1.165) is 5.56 Å². The molecule has 0 radical (unpaired) electrons. The topological polar surface area (TPSA) is 83.5 Å². The summed E-state index contributed by atoms with van der Waals surface area (Å²) in [6, 6.07) is 15.0. The molecule has 1 atom stereocenters. The number of nitrogens with zero attached hydrogens (tertiary/aromatic N) is 2. The number of hydrogen-bond donors (Lipinski definition) is 2. The van der Waals surface area contributed by atoms with E-state index in [-0.39, 0.29) is 18.2 Å². The Labute approximate surface area is 143 Å². The third-order valence-corrected chi connectivity index (χ3v) is 4.43. The summed E-state index contributed by atoms with van der Waals surface area (Å²) >= 11 is 1.25. The number of rotatable bonds is 5. The smallest absolute Gasteiger partial charge is 0.240 e. The molecule has 0 saturated carbocycles. The second-order valence-corrected chi connectivity index (χ2v) is 6.36. The highest BCUT2D eigenvalue weighted by molar-refractivity contribution is 8.15. The van der Waals surface area contributed by atoms with Crippen LogP contribution in [0.3, 0.4) is 0 Å². The maximum Gasteiger partial charge on any atom is 0.240 e. The van der Waals surface area contributed by atoms with Gasteiger partial charge >= 0.3 is 0 Å². The van der Waals surface area contributed by atoms with Crippen LogP contribution in [0.4, 0.5) is 5.82 Å². The zero-order valence-electron chi connectivity index (χ0n) is 12.8. The van der Waals surface area contributed by atoms with Gasteiger partial charge in [0.2, 0.25) is 11.8 Å². The number of aliphatic imine (C=N–C) groups is 1. The van der Waals surface area contributed by atoms with Crippen LogP contribution in [0, 0.1) is 0 Å². The molecule has 0 bridgehead atoms. The summed E-state index contributed by atoms with van der Waals surface area (Å²) in [7, 11) is 0. The summed E-state index contributed by atoms with van der Waals surface area (Å²) in [6.07, 6.45) is 1.75. The number of carbonyl (C=O) groups excluding carboxylic acids is 2. The molecule has 122 valence electrons. The summed E-state index contributed by atoms with van der Waals surface area (Å²) in [5.74, 6) is 0.157. The lowest BCUT2D eigenvalue weighted by Gasteiger charge is -2.07. The second-order valence-electron chi connectivity index (χ2n) is 5.17. The number of carbonyl (C=O) groups is 2. The maximum absolute atomic E-state index is 12.0. The van der Waals surface area contributed by atoms with Crippen LogP contribution in [0.1, 0.15) is 12.0 Å². The molecular weight excluding hydrogens is 324 g/mol. The zero-order valence-corrected chi connectivity index (χ0v) is 13.6. The first kappa shape index (κ1) is 16.2. The molecule has 1 aromatic heterocycles. The van der Waals surface area contributed by atoms with Gasteiger partial charge < -0.3 is 10.6 Å². The third kappa shape index (κ3) is 4.42. The van der Waals surface area contributed by atoms with Crippen molar-refractivity contribution < 1.29 is 9.59 Å². The fraction of sp³-hybridized carbons (Fsp3) is 0.176. The normalized spacial score (nSPS) is 18.4. The minimum absolute atomic E-state index is 0.116. The van der Waals surface area contributed by atoms with Crippen molar-refractivity contribution in [2.45, 2.75) is 18.2 Å². The summed E-state index contributed by atoms with van der Waals surface area (Å²) in [5.41, 5.74) is 1.02. The Morgan fingerprint density at radius 3 is 2.75 bits per heavy atom. The Balaban J connectivity index is 1.53. The van der Waals surface area contributed by atoms with Crippen LogP contribution in [-0.4, -0.2) is 27.2 Å². The van der Waals surface area contributed by atoms with Crippen molar-refractivity contribution in [3.05, 3.63) is 60.3 Å². The third-order valence-electron chi connectivity index (χ3n) is 3.35. The molecule has 0 aliphatic carbocycles. The lowest BCUT2D eigenvalue weighted by molar-refractivity contribution is -0.125. The molecule has 2 N–H and O–H groups in total. The average Bonchev–Trinajstić information content (AvgIpc) is 2.94. The Hall–Kier alpha value is -2.67. The van der Waals surface area contributed by atoms with Crippen LogP contribution >= 0.6 is 11.8 Å². The molecular formula is C17H16N4O2S. The Morgan fingerprint density at radius 2 is 2.00 bits per heavy atom. The summed E-state index contributed by atoms with van der Waals surface area (Å²) in [6.45, 7) is 0.452. The van der Waals surface area contributed by atoms with Crippen molar-refractivity contribution in [1.82, 2.24) is 15.6 Å². The van der Waals surface area contributed by atoms with Crippen LogP contribution in [-0.2, 0) is 16.1 Å². The van der Waals surface area contributed by atoms with Crippen molar-refractivity contribution in [2.24, 2.45) is 4.99 Å². The molecule has 0 spiro atoms. The van der Waals surface area contributed by atoms with Gasteiger partial charge in [0, 0.05) is 19.2 Å². The van der Waals surface area contributed by atoms with E-state index in [0.29, 0.717) is 17.5 Å². The number of amides is 2. The van der Waals surface area contributed by atoms with Crippen LogP contribution in [0.15, 0.2) is 59.7 Å². The Kier molecular flexibility index (Phi) is 5.22. The van der Waals surface area contributed by atoms with Gasteiger partial charge in [0.1, 0.15) is 5.25 Å². The predicted molar refractivity (Wildman–Crippen MR) is 93.8 cm³/mol. The molecule has 1 aliphatic heterocycles. The van der Waals surface area contributed by atoms with E-state index >= 15 is 0 Å². The first-order chi connectivity index (χ1) is 11.7. The molecule has 3 rings (SSSR count). The van der Waals surface area contributed by atoms with Gasteiger partial charge in [-0.05, 0) is 17.7 Å². The van der Waals surface area contributed by atoms with Crippen LogP contribution in [0.5, 0.6) is 0 Å². The van der Waals surface area contributed by atoms with E-state index in [2.05, 4.69) is 20.6 Å². The standard InChI is InChI=1S/C17H16N4O2S/c22-15(19-11-12-6-2-1-3-7-12)10-13-16(23)21-17(24-13)20-14-8-4-5-9-18-14/h1-9,13H,10-11H2,(H,19,22)(H,18,20,21,23). The van der Waals surface area contributed by atoms with Crippen molar-refractivity contribution in [3.8, 4) is 0 Å². The largest absolute Gasteiger partial charge is 0.352 e. The quantitative estimate of drug-likeness (QED) is 0.872. The molecule has 2 amide bonds. The van der Waals surface area contributed by atoms with Gasteiger partial charge in [0.25, 0.3) is 0 Å². The number of nitrogens with one attached hydrogen (secondary N) is 2. The van der Waals surface area contributed by atoms with Gasteiger partial charge in [-0.25, -0.2) is 9.98 Å². The number of aromatic nitrogens is 1. The monoisotopic (exact) mass is 340 g/mol. The van der Waals surface area contributed by atoms with Crippen LogP contribution < -0.4 is 10.6 Å². The number of benzene rings is 1.